The third-order valence-corrected chi connectivity index (χ3v) is 7.47. The number of rotatable bonds is 9. The minimum atomic E-state index is -3.90. The molecule has 32 heavy (non-hydrogen) atoms. The number of benzene rings is 1. The van der Waals surface area contributed by atoms with Crippen molar-refractivity contribution in [1.29, 1.82) is 0 Å². The number of hydrogen-bond donors (Lipinski definition) is 0. The summed E-state index contributed by atoms with van der Waals surface area (Å²) in [5, 5.41) is 0. The number of hydrogen-bond acceptors (Lipinski definition) is 7. The van der Waals surface area contributed by atoms with Gasteiger partial charge < -0.3 is 14.2 Å². The Bertz CT molecular complexity index is 815. The first-order valence-corrected chi connectivity index (χ1v) is 13.1. The molecule has 3 rings (SSSR count). The van der Waals surface area contributed by atoms with Crippen LogP contribution in [0, 0.1) is 12.8 Å². The van der Waals surface area contributed by atoms with Crippen LogP contribution in [0.15, 0.2) is 29.2 Å². The molecule has 1 saturated carbocycles. The minimum Gasteiger partial charge on any atom is -0.462 e. The standard InChI is InChI=1S/C24H36O7S/c1-18-11-13-22(14-12-18)32(26,27)29-17-21(31-24-10-6-7-15-28-24)16-20-8-4-3-5-9-23(20)30-19(2)25/h11-14,20-21,23-24H,3-10,15-17H2,1-2H3/t20-,21+,23+,24?/m0/s1. The number of carbonyl (C=O) groups excluding carboxylic acids is 1. The van der Waals surface area contributed by atoms with Gasteiger partial charge in [0.15, 0.2) is 6.29 Å². The van der Waals surface area contributed by atoms with Crippen LogP contribution in [0.4, 0.5) is 0 Å². The van der Waals surface area contributed by atoms with Crippen LogP contribution in [-0.4, -0.2) is 46.1 Å². The highest BCUT2D eigenvalue weighted by molar-refractivity contribution is 7.86. The second-order valence-corrected chi connectivity index (χ2v) is 10.5. The van der Waals surface area contributed by atoms with E-state index < -0.39 is 16.2 Å². The van der Waals surface area contributed by atoms with Crippen LogP contribution in [0.25, 0.3) is 0 Å². The molecule has 1 aliphatic carbocycles. The van der Waals surface area contributed by atoms with E-state index in [4.69, 9.17) is 18.4 Å². The molecule has 1 aromatic carbocycles. The van der Waals surface area contributed by atoms with Crippen molar-refractivity contribution in [3.63, 3.8) is 0 Å². The molecule has 0 radical (unpaired) electrons. The van der Waals surface area contributed by atoms with Gasteiger partial charge in [-0.15, -0.1) is 0 Å². The SMILES string of the molecule is CC(=O)O[C@@H]1CCCCC[C@H]1C[C@H](COS(=O)(=O)c1ccc(C)cc1)OC1CCCCO1. The van der Waals surface area contributed by atoms with Crippen molar-refractivity contribution in [2.45, 2.75) is 95.0 Å². The van der Waals surface area contributed by atoms with Crippen LogP contribution in [0.2, 0.25) is 0 Å². The predicted octanol–water partition coefficient (Wildman–Crippen LogP) is 4.51. The van der Waals surface area contributed by atoms with Crippen molar-refractivity contribution in [3.05, 3.63) is 29.8 Å². The quantitative estimate of drug-likeness (QED) is 0.299. The smallest absolute Gasteiger partial charge is 0.302 e. The Balaban J connectivity index is 1.70. The Hall–Kier alpha value is -1.48. The maximum absolute atomic E-state index is 12.7. The molecule has 1 aliphatic heterocycles. The number of aryl methyl sites for hydroxylation is 1. The second kappa shape index (κ2) is 12.1. The van der Waals surface area contributed by atoms with Crippen molar-refractivity contribution in [3.8, 4) is 0 Å². The van der Waals surface area contributed by atoms with Gasteiger partial charge in [-0.3, -0.25) is 8.98 Å². The van der Waals surface area contributed by atoms with Gasteiger partial charge in [0.05, 0.1) is 17.6 Å². The van der Waals surface area contributed by atoms with E-state index in [1.165, 1.54) is 6.92 Å². The zero-order valence-electron chi connectivity index (χ0n) is 19.2. The molecule has 8 heteroatoms. The fraction of sp³-hybridized carbons (Fsp3) is 0.708. The van der Waals surface area contributed by atoms with E-state index in [9.17, 15) is 13.2 Å². The number of carbonyl (C=O) groups is 1. The average molecular weight is 469 g/mol. The Morgan fingerprint density at radius 1 is 1.06 bits per heavy atom. The van der Waals surface area contributed by atoms with Crippen molar-refractivity contribution in [2.24, 2.45) is 5.92 Å². The first-order valence-electron chi connectivity index (χ1n) is 11.7. The largest absolute Gasteiger partial charge is 0.462 e. The van der Waals surface area contributed by atoms with E-state index in [0.29, 0.717) is 13.0 Å². The zero-order chi connectivity index (χ0) is 23.0. The molecule has 180 valence electrons. The summed E-state index contributed by atoms with van der Waals surface area (Å²) in [5.74, 6) is -0.186. The molecule has 0 spiro atoms. The molecule has 1 unspecified atom stereocenters. The monoisotopic (exact) mass is 468 g/mol. The molecule has 2 fully saturated rings. The fourth-order valence-corrected chi connectivity index (χ4v) is 5.40. The lowest BCUT2D eigenvalue weighted by molar-refractivity contribution is -0.198. The van der Waals surface area contributed by atoms with Gasteiger partial charge in [-0.25, -0.2) is 0 Å². The normalized spacial score (nSPS) is 25.6. The molecule has 4 atom stereocenters. The molecule has 0 aromatic heterocycles. The maximum Gasteiger partial charge on any atom is 0.302 e. The van der Waals surface area contributed by atoms with Gasteiger partial charge in [-0.1, -0.05) is 30.5 Å². The predicted molar refractivity (Wildman–Crippen MR) is 120 cm³/mol. The van der Waals surface area contributed by atoms with E-state index in [1.54, 1.807) is 24.3 Å². The van der Waals surface area contributed by atoms with Gasteiger partial charge in [-0.2, -0.15) is 8.42 Å². The Labute approximate surface area is 191 Å². The van der Waals surface area contributed by atoms with Crippen LogP contribution in [0.3, 0.4) is 0 Å². The molecule has 1 heterocycles. The van der Waals surface area contributed by atoms with Crippen molar-refractivity contribution < 1.29 is 31.6 Å². The lowest BCUT2D eigenvalue weighted by atomic mass is 9.91. The third kappa shape index (κ3) is 7.83. The summed E-state index contributed by atoms with van der Waals surface area (Å²) in [6.45, 7) is 3.87. The van der Waals surface area contributed by atoms with Crippen LogP contribution >= 0.6 is 0 Å². The first kappa shape index (κ1) is 25.1. The lowest BCUT2D eigenvalue weighted by Gasteiger charge is -2.32. The molecule has 0 N–H and O–H groups in total. The highest BCUT2D eigenvalue weighted by Gasteiger charge is 2.32. The summed E-state index contributed by atoms with van der Waals surface area (Å²) in [7, 11) is -3.90. The molecular formula is C24H36O7S. The molecule has 0 amide bonds. The van der Waals surface area contributed by atoms with Crippen molar-refractivity contribution >= 4 is 16.1 Å². The fourth-order valence-electron chi connectivity index (χ4n) is 4.46. The molecule has 7 nitrogen and oxygen atoms in total. The molecule has 0 bridgehead atoms. The lowest BCUT2D eigenvalue weighted by Crippen LogP contribution is -2.35. The van der Waals surface area contributed by atoms with Gasteiger partial charge in [0, 0.05) is 13.5 Å². The van der Waals surface area contributed by atoms with Gasteiger partial charge in [-0.05, 0) is 69.9 Å². The molecule has 1 saturated heterocycles. The minimum absolute atomic E-state index is 0.0978. The zero-order valence-corrected chi connectivity index (χ0v) is 20.0. The summed E-state index contributed by atoms with van der Waals surface area (Å²) in [5.41, 5.74) is 0.976. The van der Waals surface area contributed by atoms with Gasteiger partial charge in [0.25, 0.3) is 10.1 Å². The molecular weight excluding hydrogens is 432 g/mol. The summed E-state index contributed by atoms with van der Waals surface area (Å²) in [6.07, 6.45) is 7.23. The maximum atomic E-state index is 12.7. The molecule has 1 aromatic rings. The first-order chi connectivity index (χ1) is 15.3. The number of esters is 1. The van der Waals surface area contributed by atoms with Crippen molar-refractivity contribution in [1.82, 2.24) is 0 Å². The van der Waals surface area contributed by atoms with Crippen LogP contribution in [0.5, 0.6) is 0 Å². The number of ether oxygens (including phenoxy) is 3. The van der Waals surface area contributed by atoms with Crippen LogP contribution in [-0.2, 0) is 33.3 Å². The van der Waals surface area contributed by atoms with Crippen LogP contribution in [0.1, 0.15) is 70.3 Å². The Morgan fingerprint density at radius 2 is 1.78 bits per heavy atom. The summed E-state index contributed by atoms with van der Waals surface area (Å²) in [4.78, 5) is 11.8. The van der Waals surface area contributed by atoms with Crippen molar-refractivity contribution in [2.75, 3.05) is 13.2 Å². The van der Waals surface area contributed by atoms with Gasteiger partial charge in [0.1, 0.15) is 6.10 Å². The summed E-state index contributed by atoms with van der Waals surface area (Å²) >= 11 is 0. The Morgan fingerprint density at radius 3 is 2.47 bits per heavy atom. The highest BCUT2D eigenvalue weighted by Crippen LogP contribution is 2.31. The molecule has 2 aliphatic rings. The topological polar surface area (TPSA) is 88.1 Å². The van der Waals surface area contributed by atoms with E-state index >= 15 is 0 Å². The van der Waals surface area contributed by atoms with Gasteiger partial charge >= 0.3 is 5.97 Å². The van der Waals surface area contributed by atoms with E-state index in [1.807, 2.05) is 6.92 Å². The third-order valence-electron chi connectivity index (χ3n) is 6.17. The summed E-state index contributed by atoms with van der Waals surface area (Å²) < 4.78 is 48.4. The van der Waals surface area contributed by atoms with E-state index in [-0.39, 0.29) is 35.8 Å². The average Bonchev–Trinajstić information content (AvgIpc) is 2.98. The Kier molecular flexibility index (Phi) is 9.52. The van der Waals surface area contributed by atoms with E-state index in [0.717, 1.165) is 56.9 Å². The van der Waals surface area contributed by atoms with Crippen LogP contribution < -0.4 is 0 Å². The van der Waals surface area contributed by atoms with Gasteiger partial charge in [0.2, 0.25) is 0 Å². The highest BCUT2D eigenvalue weighted by atomic mass is 32.2. The summed E-state index contributed by atoms with van der Waals surface area (Å²) in [6, 6.07) is 6.59. The second-order valence-electron chi connectivity index (χ2n) is 8.89. The van der Waals surface area contributed by atoms with E-state index in [2.05, 4.69) is 0 Å².